The zero-order valence-electron chi connectivity index (χ0n) is 12.6. The first-order chi connectivity index (χ1) is 9.75. The van der Waals surface area contributed by atoms with E-state index in [-0.39, 0.29) is 0 Å². The first kappa shape index (κ1) is 12.2. The third-order valence-corrected chi connectivity index (χ3v) is 5.36. The molecule has 0 aliphatic heterocycles. The smallest absolute Gasteiger partial charge is 0.00579 e. The predicted octanol–water partition coefficient (Wildman–Crippen LogP) is 5.72. The monoisotopic (exact) mass is 262 g/mol. The largest absolute Gasteiger partial charge is 0.0838 e. The average Bonchev–Trinajstić information content (AvgIpc) is 2.99. The zero-order chi connectivity index (χ0) is 13.7. The van der Waals surface area contributed by atoms with Crippen LogP contribution in [-0.2, 0) is 0 Å². The molecular formula is C20H22. The lowest BCUT2D eigenvalue weighted by atomic mass is 9.88. The highest BCUT2D eigenvalue weighted by molar-refractivity contribution is 5.64. The van der Waals surface area contributed by atoms with Gasteiger partial charge in [0.1, 0.15) is 0 Å². The molecule has 0 radical (unpaired) electrons. The Kier molecular flexibility index (Phi) is 2.73. The molecule has 0 aromatic heterocycles. The minimum atomic E-state index is 1.16. The van der Waals surface area contributed by atoms with Crippen LogP contribution >= 0.6 is 0 Å². The fourth-order valence-corrected chi connectivity index (χ4v) is 4.31. The molecule has 0 nitrogen and oxygen atoms in total. The van der Waals surface area contributed by atoms with Gasteiger partial charge in [-0.25, -0.2) is 0 Å². The summed E-state index contributed by atoms with van der Waals surface area (Å²) < 4.78 is 0. The van der Waals surface area contributed by atoms with E-state index < -0.39 is 0 Å². The first-order valence-electron chi connectivity index (χ1n) is 7.88. The van der Waals surface area contributed by atoms with Crippen molar-refractivity contribution in [2.75, 3.05) is 0 Å². The molecular weight excluding hydrogens is 240 g/mol. The molecule has 0 unspecified atom stereocenters. The van der Waals surface area contributed by atoms with E-state index in [0.29, 0.717) is 0 Å². The third-order valence-electron chi connectivity index (χ3n) is 5.36. The van der Waals surface area contributed by atoms with Crippen LogP contribution in [0.5, 0.6) is 0 Å². The summed E-state index contributed by atoms with van der Waals surface area (Å²) in [6, 6.07) is 0. The van der Waals surface area contributed by atoms with E-state index in [1.165, 1.54) is 12.8 Å². The molecule has 0 saturated heterocycles. The van der Waals surface area contributed by atoms with Crippen molar-refractivity contribution in [3.63, 3.8) is 0 Å². The fraction of sp³-hybridized carbons (Fsp3) is 0.400. The fourth-order valence-electron chi connectivity index (χ4n) is 4.31. The molecule has 102 valence electrons. The van der Waals surface area contributed by atoms with Gasteiger partial charge in [0, 0.05) is 0 Å². The summed E-state index contributed by atoms with van der Waals surface area (Å²) in [5.41, 5.74) is 13.2. The predicted molar refractivity (Wildman–Crippen MR) is 85.4 cm³/mol. The Bertz CT molecular complexity index is 609. The second kappa shape index (κ2) is 4.48. The van der Waals surface area contributed by atoms with Gasteiger partial charge < -0.3 is 0 Å². The molecule has 4 rings (SSSR count). The molecule has 0 saturated carbocycles. The van der Waals surface area contributed by atoms with Gasteiger partial charge in [-0.1, -0.05) is 35.5 Å². The van der Waals surface area contributed by atoms with Gasteiger partial charge in [0.15, 0.2) is 0 Å². The number of allylic oxidation sites excluding steroid dienone is 12. The quantitative estimate of drug-likeness (QED) is 0.530. The van der Waals surface area contributed by atoms with Gasteiger partial charge >= 0.3 is 0 Å². The van der Waals surface area contributed by atoms with E-state index in [9.17, 15) is 0 Å². The summed E-state index contributed by atoms with van der Waals surface area (Å²) in [5.74, 6) is 0. The summed E-state index contributed by atoms with van der Waals surface area (Å²) in [6.45, 7) is 4.67. The SMILES string of the molecule is CC1=C2CC=CCC2=C(C2=C3CC=CCC3=C(C)C2)C1. The minimum absolute atomic E-state index is 1.16. The standard InChI is InChI=1S/C20H22/c1-13-11-19(17-9-5-3-7-15(13)17)20-12-14(2)16-8-4-6-10-18(16)20/h3-6H,7-12H2,1-2H3. The van der Waals surface area contributed by atoms with Gasteiger partial charge in [0.2, 0.25) is 0 Å². The van der Waals surface area contributed by atoms with Crippen LogP contribution in [0.15, 0.2) is 68.9 Å². The molecule has 0 bridgehead atoms. The summed E-state index contributed by atoms with van der Waals surface area (Å²) in [5, 5.41) is 0. The molecule has 0 fully saturated rings. The lowest BCUT2D eigenvalue weighted by molar-refractivity contribution is 1.04. The van der Waals surface area contributed by atoms with Crippen molar-refractivity contribution in [2.45, 2.75) is 52.4 Å². The maximum absolute atomic E-state index is 2.36. The first-order valence-corrected chi connectivity index (χ1v) is 7.88. The number of rotatable bonds is 1. The lowest BCUT2D eigenvalue weighted by Gasteiger charge is -2.17. The zero-order valence-corrected chi connectivity index (χ0v) is 12.6. The van der Waals surface area contributed by atoms with Crippen molar-refractivity contribution >= 4 is 0 Å². The molecule has 0 atom stereocenters. The van der Waals surface area contributed by atoms with Crippen LogP contribution in [0.2, 0.25) is 0 Å². The Morgan fingerprint density at radius 3 is 1.25 bits per heavy atom. The van der Waals surface area contributed by atoms with E-state index in [1.54, 1.807) is 44.6 Å². The van der Waals surface area contributed by atoms with Crippen molar-refractivity contribution in [1.82, 2.24) is 0 Å². The van der Waals surface area contributed by atoms with Crippen LogP contribution in [0.25, 0.3) is 0 Å². The highest BCUT2D eigenvalue weighted by atomic mass is 14.3. The molecule has 0 amide bonds. The number of hydrogen-bond acceptors (Lipinski definition) is 0. The topological polar surface area (TPSA) is 0 Å². The van der Waals surface area contributed by atoms with Gasteiger partial charge in [-0.3, -0.25) is 0 Å². The Hall–Kier alpha value is -1.56. The van der Waals surface area contributed by atoms with E-state index >= 15 is 0 Å². The normalized spacial score (nSPS) is 25.1. The number of hydrogen-bond donors (Lipinski definition) is 0. The minimum Gasteiger partial charge on any atom is -0.0838 e. The van der Waals surface area contributed by atoms with Gasteiger partial charge in [-0.05, 0) is 85.8 Å². The highest BCUT2D eigenvalue weighted by Crippen LogP contribution is 2.48. The second-order valence-electron chi connectivity index (χ2n) is 6.54. The van der Waals surface area contributed by atoms with Crippen molar-refractivity contribution < 1.29 is 0 Å². The van der Waals surface area contributed by atoms with E-state index in [2.05, 4.69) is 38.2 Å². The maximum atomic E-state index is 2.36. The highest BCUT2D eigenvalue weighted by Gasteiger charge is 2.30. The van der Waals surface area contributed by atoms with Crippen LogP contribution in [0.3, 0.4) is 0 Å². The van der Waals surface area contributed by atoms with Crippen molar-refractivity contribution in [1.29, 1.82) is 0 Å². The van der Waals surface area contributed by atoms with E-state index in [4.69, 9.17) is 0 Å². The Labute approximate surface area is 122 Å². The second-order valence-corrected chi connectivity index (χ2v) is 6.54. The van der Waals surface area contributed by atoms with Crippen LogP contribution in [-0.4, -0.2) is 0 Å². The molecule has 0 spiro atoms. The molecule has 20 heavy (non-hydrogen) atoms. The van der Waals surface area contributed by atoms with Crippen LogP contribution in [0, 0.1) is 0 Å². The Balaban J connectivity index is 1.81. The summed E-state index contributed by atoms with van der Waals surface area (Å²) in [7, 11) is 0. The summed E-state index contributed by atoms with van der Waals surface area (Å²) in [4.78, 5) is 0. The average molecular weight is 262 g/mol. The molecule has 0 aromatic rings. The lowest BCUT2D eigenvalue weighted by Crippen LogP contribution is -1.98. The van der Waals surface area contributed by atoms with Crippen molar-refractivity contribution in [3.05, 3.63) is 68.9 Å². The van der Waals surface area contributed by atoms with Gasteiger partial charge in [-0.15, -0.1) is 0 Å². The Morgan fingerprint density at radius 1 is 0.500 bits per heavy atom. The maximum Gasteiger partial charge on any atom is -0.00579 e. The molecule has 0 N–H and O–H groups in total. The van der Waals surface area contributed by atoms with E-state index in [0.717, 1.165) is 25.7 Å². The molecule has 0 heterocycles. The van der Waals surface area contributed by atoms with E-state index in [1.807, 2.05) is 0 Å². The third kappa shape index (κ3) is 1.67. The molecule has 0 heteroatoms. The summed E-state index contributed by atoms with van der Waals surface area (Å²) in [6.07, 6.45) is 16.4. The molecule has 4 aliphatic rings. The summed E-state index contributed by atoms with van der Waals surface area (Å²) >= 11 is 0. The number of fused-ring (bicyclic) bond motifs is 2. The van der Waals surface area contributed by atoms with Gasteiger partial charge in [0.25, 0.3) is 0 Å². The Morgan fingerprint density at radius 2 is 0.850 bits per heavy atom. The van der Waals surface area contributed by atoms with Crippen molar-refractivity contribution in [2.24, 2.45) is 0 Å². The van der Waals surface area contributed by atoms with Crippen LogP contribution < -0.4 is 0 Å². The van der Waals surface area contributed by atoms with Gasteiger partial charge in [-0.2, -0.15) is 0 Å². The van der Waals surface area contributed by atoms with Crippen LogP contribution in [0.4, 0.5) is 0 Å². The van der Waals surface area contributed by atoms with Crippen LogP contribution in [0.1, 0.15) is 52.4 Å². The molecule has 0 aromatic carbocycles. The van der Waals surface area contributed by atoms with Gasteiger partial charge in [0.05, 0.1) is 0 Å². The molecule has 4 aliphatic carbocycles. The van der Waals surface area contributed by atoms with Crippen molar-refractivity contribution in [3.8, 4) is 0 Å².